The fourth-order valence-corrected chi connectivity index (χ4v) is 21.9. The molecule has 0 saturated heterocycles. The van der Waals surface area contributed by atoms with Crippen LogP contribution >= 0.6 is 11.8 Å². The summed E-state index contributed by atoms with van der Waals surface area (Å²) in [6.45, 7) is 0. The van der Waals surface area contributed by atoms with Crippen LogP contribution in [0, 0.1) is 0 Å². The number of rotatable bonds is 22. The first-order chi connectivity index (χ1) is 72.2. The molecule has 6 nitrogen and oxygen atoms in total. The number of hydrogen-bond donors (Lipinski definition) is 0. The molecule has 0 bridgehead atoms. The fraction of sp³-hybridized carbons (Fsp3) is 0.00719. The van der Waals surface area contributed by atoms with E-state index in [1.807, 2.05) is 11.8 Å². The zero-order valence-corrected chi connectivity index (χ0v) is 80.5. The number of nitrogens with zero attached hydrogens (tertiary/aromatic N) is 6. The highest BCUT2D eigenvalue weighted by Gasteiger charge is 2.45. The van der Waals surface area contributed by atoms with Crippen molar-refractivity contribution < 1.29 is 0 Å². The molecule has 0 saturated carbocycles. The van der Waals surface area contributed by atoms with Crippen LogP contribution in [0.1, 0.15) is 22.3 Å². The second-order valence-corrected chi connectivity index (χ2v) is 38.3. The van der Waals surface area contributed by atoms with Gasteiger partial charge in [0.2, 0.25) is 0 Å². The molecule has 22 aromatic carbocycles. The molecule has 684 valence electrons. The van der Waals surface area contributed by atoms with Gasteiger partial charge in [-0.15, -0.1) is 0 Å². The Morgan fingerprint density at radius 1 is 0.110 bits per heavy atom. The van der Waals surface area contributed by atoms with E-state index in [4.69, 9.17) is 29.9 Å². The molecule has 0 unspecified atom stereocenters. The largest absolute Gasteiger partial charge is 0.208 e. The van der Waals surface area contributed by atoms with Crippen LogP contribution in [0.2, 0.25) is 0 Å². The third-order valence-corrected chi connectivity index (χ3v) is 29.1. The predicted molar refractivity (Wildman–Crippen MR) is 604 cm³/mol. The number of benzene rings is 22. The van der Waals surface area contributed by atoms with Gasteiger partial charge in [0.1, 0.15) is 0 Å². The van der Waals surface area contributed by atoms with E-state index in [1.165, 1.54) is 20.9 Å². The Kier molecular flexibility index (Phi) is 23.9. The Hall–Kier alpha value is -18.8. The predicted octanol–water partition coefficient (Wildman–Crippen LogP) is 36.2. The molecule has 0 amide bonds. The minimum absolute atomic E-state index is 0.545. The second-order valence-electron chi connectivity index (χ2n) is 37.2. The number of fused-ring (bicyclic) bond motifs is 2. The van der Waals surface area contributed by atoms with Gasteiger partial charge in [0.25, 0.3) is 0 Å². The lowest BCUT2D eigenvalue weighted by Gasteiger charge is -2.42. The monoisotopic (exact) mass is 1880 g/mol. The van der Waals surface area contributed by atoms with E-state index < -0.39 is 5.41 Å². The Balaban J connectivity index is 0.610. The lowest BCUT2D eigenvalue weighted by molar-refractivity contribution is 0.703. The van der Waals surface area contributed by atoms with Gasteiger partial charge in [0, 0.05) is 43.2 Å². The SMILES string of the molecule is c1ccc(-c2cc(-c3ccccc3)cc(-c3cccc(-c4nc(-c5cccc(-c6cc(-c7ccccc7)cc(-c7ccccc7)c6)c5)nc(-c5cccc(-c6cccc(C7(c8cccc(-c9cccc(-c%10nc(-c%11cccc(-c%12cc(-c%13ccccc%13)cc(-c%13ccccc%13)c%12)c%11)nc(-c%11cccc(-c%12cc(-c%13ccccc%13)cc(-c%13ccccc%13)c%12)c%11)n%10)c9)c8)c8ccccc8Sc8ccccc87)c6)c5)n4)c3)c2)cc1. The molecule has 0 aliphatic carbocycles. The Labute approximate surface area is 855 Å². The zero-order valence-electron chi connectivity index (χ0n) is 79.7. The van der Waals surface area contributed by atoms with Crippen LogP contribution in [0.25, 0.3) is 224 Å². The summed E-state index contributed by atoms with van der Waals surface area (Å²) in [6.07, 6.45) is 0. The molecule has 1 aliphatic rings. The molecule has 1 aliphatic heterocycles. The summed E-state index contributed by atoms with van der Waals surface area (Å²) < 4.78 is 0. The van der Waals surface area contributed by atoms with E-state index in [2.05, 4.69) is 558 Å². The standard InChI is InChI=1S/C139H92N6S/c1-9-37-93(38-10-1)115-79-116(94-39-11-2-12-40-94)84-123(83-115)103-55-31-63-111(75-103)135-140-133(141-136(144-135)112-64-32-56-104(76-112)124-85-117(95-41-13-3-14-42-95)80-118(86-124)96-43-15-4-16-44-96)109-61-29-53-101(73-109)107-59-35-67-127(91-107)139(129-69-25-27-71-131(129)146-132-72-28-26-70-130(132)139)128-68-36-60-108(92-128)102-54-30-62-110(74-102)134-142-137(113-65-33-57-105(77-113)125-87-119(97-45-17-5-18-46-97)81-120(88-125)98-47-19-6-20-48-98)145-138(143-134)114-66-34-58-106(78-114)126-89-121(99-49-21-7-22-50-99)82-122(90-126)100-51-23-8-24-52-100/h1-92H. The lowest BCUT2D eigenvalue weighted by Crippen LogP contribution is -2.34. The molecule has 24 aromatic rings. The smallest absolute Gasteiger partial charge is 0.164 e. The summed E-state index contributed by atoms with van der Waals surface area (Å²) in [4.78, 5) is 35.8. The van der Waals surface area contributed by atoms with Crippen LogP contribution in [-0.2, 0) is 5.41 Å². The van der Waals surface area contributed by atoms with Gasteiger partial charge in [-0.05, 0) is 311 Å². The van der Waals surface area contributed by atoms with Crippen LogP contribution in [-0.4, -0.2) is 29.9 Å². The molecular formula is C139H92N6S. The van der Waals surface area contributed by atoms with Gasteiger partial charge < -0.3 is 0 Å². The fourth-order valence-electron chi connectivity index (χ4n) is 20.8. The van der Waals surface area contributed by atoms with Gasteiger partial charge in [-0.1, -0.05) is 436 Å². The van der Waals surface area contributed by atoms with E-state index >= 15 is 0 Å². The first-order valence-corrected chi connectivity index (χ1v) is 50.3. The normalized spacial score (nSPS) is 11.9. The van der Waals surface area contributed by atoms with Crippen LogP contribution in [0.4, 0.5) is 0 Å². The molecule has 3 heterocycles. The van der Waals surface area contributed by atoms with E-state index in [-0.39, 0.29) is 0 Å². The van der Waals surface area contributed by atoms with Crippen molar-refractivity contribution in [2.24, 2.45) is 0 Å². The highest BCUT2D eigenvalue weighted by atomic mass is 32.2. The van der Waals surface area contributed by atoms with Gasteiger partial charge in [-0.2, -0.15) is 0 Å². The van der Waals surface area contributed by atoms with Crippen LogP contribution in [0.15, 0.2) is 568 Å². The lowest BCUT2D eigenvalue weighted by atomic mass is 9.64. The van der Waals surface area contributed by atoms with E-state index in [0.29, 0.717) is 34.9 Å². The molecule has 2 aromatic heterocycles. The molecule has 146 heavy (non-hydrogen) atoms. The molecule has 0 radical (unpaired) electrons. The minimum Gasteiger partial charge on any atom is -0.208 e. The van der Waals surface area contributed by atoms with Crippen molar-refractivity contribution >= 4 is 11.8 Å². The van der Waals surface area contributed by atoms with Crippen LogP contribution < -0.4 is 0 Å². The number of hydrogen-bond acceptors (Lipinski definition) is 7. The van der Waals surface area contributed by atoms with Gasteiger partial charge in [-0.25, -0.2) is 29.9 Å². The topological polar surface area (TPSA) is 77.3 Å². The molecule has 0 spiro atoms. The van der Waals surface area contributed by atoms with E-state index in [1.54, 1.807) is 0 Å². The summed E-state index contributed by atoms with van der Waals surface area (Å²) in [7, 11) is 0. The summed E-state index contributed by atoms with van der Waals surface area (Å²) in [5, 5.41) is 0. The van der Waals surface area contributed by atoms with Crippen LogP contribution in [0.3, 0.4) is 0 Å². The summed E-state index contributed by atoms with van der Waals surface area (Å²) in [5.74, 6) is 3.30. The first kappa shape index (κ1) is 88.6. The van der Waals surface area contributed by atoms with Gasteiger partial charge in [0.15, 0.2) is 34.9 Å². The number of aromatic nitrogens is 6. The quantitative estimate of drug-likeness (QED) is 0.0669. The zero-order chi connectivity index (χ0) is 97.1. The van der Waals surface area contributed by atoms with Crippen molar-refractivity contribution in [1.29, 1.82) is 0 Å². The van der Waals surface area contributed by atoms with Crippen LogP contribution in [0.5, 0.6) is 0 Å². The molecular weight excluding hydrogens is 1790 g/mol. The Morgan fingerprint density at radius 3 is 0.445 bits per heavy atom. The van der Waals surface area contributed by atoms with Gasteiger partial charge in [0.05, 0.1) is 5.41 Å². The van der Waals surface area contributed by atoms with Gasteiger partial charge in [-0.3, -0.25) is 0 Å². The highest BCUT2D eigenvalue weighted by Crippen LogP contribution is 2.57. The molecule has 0 N–H and O–H groups in total. The van der Waals surface area contributed by atoms with Crippen molar-refractivity contribution in [3.05, 3.63) is 580 Å². The molecule has 0 atom stereocenters. The maximum Gasteiger partial charge on any atom is 0.164 e. The molecule has 0 fully saturated rings. The first-order valence-electron chi connectivity index (χ1n) is 49.5. The average Bonchev–Trinajstić information content (AvgIpc) is 0.701. The third kappa shape index (κ3) is 18.0. The van der Waals surface area contributed by atoms with Crippen molar-refractivity contribution in [2.75, 3.05) is 0 Å². The second kappa shape index (κ2) is 39.4. The minimum atomic E-state index is -0.836. The third-order valence-electron chi connectivity index (χ3n) is 28.0. The van der Waals surface area contributed by atoms with Crippen molar-refractivity contribution in [2.45, 2.75) is 15.2 Å². The Bertz CT molecular complexity index is 7860. The highest BCUT2D eigenvalue weighted by molar-refractivity contribution is 7.99. The molecule has 7 heteroatoms. The summed E-state index contributed by atoms with van der Waals surface area (Å²) in [5.41, 5.74) is 39.6. The maximum absolute atomic E-state index is 5.58. The molecule has 25 rings (SSSR count). The average molecular weight is 1880 g/mol. The van der Waals surface area contributed by atoms with Crippen molar-refractivity contribution in [1.82, 2.24) is 29.9 Å². The maximum atomic E-state index is 5.58. The van der Waals surface area contributed by atoms with Crippen molar-refractivity contribution in [3.8, 4) is 224 Å². The van der Waals surface area contributed by atoms with E-state index in [0.717, 1.165) is 200 Å². The summed E-state index contributed by atoms with van der Waals surface area (Å²) in [6, 6.07) is 201. The summed E-state index contributed by atoms with van der Waals surface area (Å²) >= 11 is 1.83. The Morgan fingerprint density at radius 2 is 0.247 bits per heavy atom. The van der Waals surface area contributed by atoms with E-state index in [9.17, 15) is 0 Å². The van der Waals surface area contributed by atoms with Gasteiger partial charge >= 0.3 is 0 Å². The van der Waals surface area contributed by atoms with Crippen molar-refractivity contribution in [3.63, 3.8) is 0 Å².